The van der Waals surface area contributed by atoms with Crippen molar-refractivity contribution in [3.63, 3.8) is 0 Å². The number of halogens is 3. The Hall–Kier alpha value is 0.340. The van der Waals surface area contributed by atoms with Crippen molar-refractivity contribution in [1.82, 2.24) is 4.90 Å². The first kappa shape index (κ1) is 24.6. The van der Waals surface area contributed by atoms with Crippen molar-refractivity contribution >= 4 is 75.4 Å². The minimum Gasteiger partial charge on any atom is -0.504 e. The van der Waals surface area contributed by atoms with Gasteiger partial charge in [0, 0.05) is 3.57 Å². The van der Waals surface area contributed by atoms with Gasteiger partial charge in [-0.3, -0.25) is 9.46 Å². The summed E-state index contributed by atoms with van der Waals surface area (Å²) in [7, 11) is -4.28. The van der Waals surface area contributed by atoms with Crippen molar-refractivity contribution in [3.8, 4) is 17.2 Å². The van der Waals surface area contributed by atoms with E-state index in [1.54, 1.807) is 17.0 Å². The molecular formula is C18H21I3NO5P. The van der Waals surface area contributed by atoms with E-state index in [1.807, 2.05) is 32.0 Å². The lowest BCUT2D eigenvalue weighted by Crippen LogP contribution is -2.36. The molecule has 6 nitrogen and oxygen atoms in total. The number of phenolic OH excluding ortho intramolecular Hbond substituents is 1. The van der Waals surface area contributed by atoms with Gasteiger partial charge in [-0.15, -0.1) is 0 Å². The van der Waals surface area contributed by atoms with Crippen LogP contribution >= 0.6 is 75.4 Å². The summed E-state index contributed by atoms with van der Waals surface area (Å²) in [5.74, 6) is 0.170. The molecule has 0 bridgehead atoms. The highest BCUT2D eigenvalue weighted by atomic mass is 127. The number of aromatic hydroxyl groups is 1. The van der Waals surface area contributed by atoms with Crippen LogP contribution in [0.2, 0.25) is 0 Å². The molecule has 0 saturated heterocycles. The number of benzene rings is 2. The maximum absolute atomic E-state index is 12.0. The molecule has 10 heteroatoms. The summed E-state index contributed by atoms with van der Waals surface area (Å²) >= 11 is 6.39. The van der Waals surface area contributed by atoms with E-state index in [2.05, 4.69) is 67.8 Å². The predicted molar refractivity (Wildman–Crippen MR) is 135 cm³/mol. The zero-order valence-corrected chi connectivity index (χ0v) is 22.6. The number of hydrogen-bond donors (Lipinski definition) is 3. The highest BCUT2D eigenvalue weighted by Gasteiger charge is 2.33. The zero-order valence-electron chi connectivity index (χ0n) is 15.3. The highest BCUT2D eigenvalue weighted by Crippen LogP contribution is 2.45. The lowest BCUT2D eigenvalue weighted by Gasteiger charge is -2.30. The number of nitrogens with zero attached hydrogens (tertiary/aromatic N) is 1. The van der Waals surface area contributed by atoms with E-state index in [0.717, 1.165) is 16.3 Å². The Morgan fingerprint density at radius 2 is 1.64 bits per heavy atom. The first-order chi connectivity index (χ1) is 13.1. The normalized spacial score (nSPS) is 13.0. The number of hydrogen-bond acceptors (Lipinski definition) is 4. The molecule has 3 N–H and O–H groups in total. The maximum Gasteiger partial charge on any atom is 0.342 e. The molecule has 0 aliphatic heterocycles. The summed E-state index contributed by atoms with van der Waals surface area (Å²) in [6, 6.07) is 8.92. The van der Waals surface area contributed by atoms with E-state index in [-0.39, 0.29) is 12.2 Å². The van der Waals surface area contributed by atoms with Crippen LogP contribution in [0.1, 0.15) is 19.4 Å². The van der Waals surface area contributed by atoms with Gasteiger partial charge < -0.3 is 19.6 Å². The molecule has 0 heterocycles. The fourth-order valence-corrected chi connectivity index (χ4v) is 6.62. The van der Waals surface area contributed by atoms with Crippen LogP contribution in [0, 0.1) is 10.7 Å². The number of phenols is 1. The molecule has 0 aliphatic carbocycles. The van der Waals surface area contributed by atoms with Gasteiger partial charge >= 0.3 is 7.60 Å². The van der Waals surface area contributed by atoms with E-state index < -0.39 is 13.4 Å². The summed E-state index contributed by atoms with van der Waals surface area (Å²) in [5.41, 5.74) is 0.827. The van der Waals surface area contributed by atoms with Crippen LogP contribution in [0.3, 0.4) is 0 Å². The molecule has 0 aromatic heterocycles. The van der Waals surface area contributed by atoms with Crippen molar-refractivity contribution in [2.75, 3.05) is 13.1 Å². The minimum atomic E-state index is -4.28. The molecule has 2 aromatic rings. The van der Waals surface area contributed by atoms with E-state index >= 15 is 0 Å². The van der Waals surface area contributed by atoms with Crippen LogP contribution in [-0.4, -0.2) is 38.7 Å². The van der Waals surface area contributed by atoms with Crippen LogP contribution in [0.15, 0.2) is 30.3 Å². The Labute approximate surface area is 205 Å². The van der Waals surface area contributed by atoms with Crippen molar-refractivity contribution in [3.05, 3.63) is 46.6 Å². The molecule has 1 atom stereocenters. The standard InChI is InChI=1S/C18H21I3NO5P/c1-3-22(4-2)17(28(24,25)26)9-11-7-13(20)18(14(21)8-11)27-16-6-5-12(19)10-15(16)23/h5-8,10,17,23H,3-4,9H2,1-2H3,(H2,24,25,26). The molecule has 28 heavy (non-hydrogen) atoms. The molecule has 0 aliphatic rings. The van der Waals surface area contributed by atoms with Crippen LogP contribution in [0.5, 0.6) is 17.2 Å². The van der Waals surface area contributed by atoms with E-state index in [1.165, 1.54) is 0 Å². The van der Waals surface area contributed by atoms with Crippen LogP contribution in [-0.2, 0) is 11.0 Å². The molecule has 0 fully saturated rings. The Bertz CT molecular complexity index is 863. The number of rotatable bonds is 8. The molecule has 2 aromatic carbocycles. The van der Waals surface area contributed by atoms with Gasteiger partial charge in [-0.2, -0.15) is 0 Å². The highest BCUT2D eigenvalue weighted by molar-refractivity contribution is 14.1. The molecule has 154 valence electrons. The van der Waals surface area contributed by atoms with Gasteiger partial charge in [0.1, 0.15) is 5.78 Å². The monoisotopic (exact) mass is 743 g/mol. The summed E-state index contributed by atoms with van der Waals surface area (Å²) in [6.45, 7) is 4.91. The van der Waals surface area contributed by atoms with Gasteiger partial charge in [0.25, 0.3) is 0 Å². The SMILES string of the molecule is CCN(CC)C(Cc1cc(I)c(Oc2ccc(I)cc2O)c(I)c1)P(=O)(O)O. The Morgan fingerprint density at radius 3 is 2.11 bits per heavy atom. The second-order valence-electron chi connectivity index (χ2n) is 6.10. The Balaban J connectivity index is 2.33. The lowest BCUT2D eigenvalue weighted by atomic mass is 10.1. The summed E-state index contributed by atoms with van der Waals surface area (Å²) in [6.07, 6.45) is 0.243. The van der Waals surface area contributed by atoms with E-state index in [9.17, 15) is 19.5 Å². The van der Waals surface area contributed by atoms with Crippen molar-refractivity contribution in [2.24, 2.45) is 0 Å². The van der Waals surface area contributed by atoms with Crippen molar-refractivity contribution in [2.45, 2.75) is 26.1 Å². The summed E-state index contributed by atoms with van der Waals surface area (Å²) in [5, 5.41) is 10.1. The predicted octanol–water partition coefficient (Wildman–Crippen LogP) is 5.39. The first-order valence-electron chi connectivity index (χ1n) is 8.50. The van der Waals surface area contributed by atoms with Gasteiger partial charge in [0.15, 0.2) is 17.2 Å². The van der Waals surface area contributed by atoms with Gasteiger partial charge in [0.2, 0.25) is 0 Å². The molecule has 2 rings (SSSR count). The molecular weight excluding hydrogens is 722 g/mol. The molecule has 0 saturated carbocycles. The third-order valence-corrected chi connectivity index (χ3v) is 7.79. The summed E-state index contributed by atoms with van der Waals surface area (Å²) in [4.78, 5) is 21.4. The van der Waals surface area contributed by atoms with Crippen molar-refractivity contribution < 1.29 is 24.2 Å². The smallest absolute Gasteiger partial charge is 0.342 e. The first-order valence-corrected chi connectivity index (χ1v) is 13.4. The van der Waals surface area contributed by atoms with Crippen LogP contribution in [0.4, 0.5) is 0 Å². The third kappa shape index (κ3) is 6.42. The quantitative estimate of drug-likeness (QED) is 0.249. The maximum atomic E-state index is 12.0. The number of likely N-dealkylation sites (N-methyl/N-ethyl adjacent to an activating group) is 1. The molecule has 0 spiro atoms. The van der Waals surface area contributed by atoms with Crippen molar-refractivity contribution in [1.29, 1.82) is 0 Å². The van der Waals surface area contributed by atoms with Gasteiger partial charge in [0.05, 0.1) is 7.14 Å². The molecule has 0 radical (unpaired) electrons. The molecule has 1 unspecified atom stereocenters. The average Bonchev–Trinajstić information content (AvgIpc) is 2.59. The van der Waals surface area contributed by atoms with E-state index in [4.69, 9.17) is 4.74 Å². The Morgan fingerprint density at radius 1 is 1.07 bits per heavy atom. The van der Waals surface area contributed by atoms with Crippen LogP contribution < -0.4 is 4.74 Å². The third-order valence-electron chi connectivity index (χ3n) is 4.23. The zero-order chi connectivity index (χ0) is 21.1. The lowest BCUT2D eigenvalue weighted by molar-refractivity contribution is 0.229. The second-order valence-corrected chi connectivity index (χ2v) is 11.4. The number of ether oxygens (including phenoxy) is 1. The average molecular weight is 743 g/mol. The summed E-state index contributed by atoms with van der Waals surface area (Å²) < 4.78 is 20.5. The topological polar surface area (TPSA) is 90.2 Å². The Kier molecular flexibility index (Phi) is 9.30. The fourth-order valence-electron chi connectivity index (χ4n) is 2.83. The fraction of sp³-hybridized carbons (Fsp3) is 0.333. The van der Waals surface area contributed by atoms with Gasteiger partial charge in [-0.25, -0.2) is 0 Å². The largest absolute Gasteiger partial charge is 0.504 e. The van der Waals surface area contributed by atoms with E-state index in [0.29, 0.717) is 24.6 Å². The second kappa shape index (κ2) is 10.6. The van der Waals surface area contributed by atoms with Crippen LogP contribution in [0.25, 0.3) is 0 Å². The van der Waals surface area contributed by atoms with Gasteiger partial charge in [-0.1, -0.05) is 13.8 Å². The molecule has 0 amide bonds. The van der Waals surface area contributed by atoms with Gasteiger partial charge in [-0.05, 0) is 123 Å². The minimum absolute atomic E-state index is 0.0608.